The molecule has 88 valence electrons. The van der Waals surface area contributed by atoms with Crippen molar-refractivity contribution in [3.05, 3.63) is 41.5 Å². The lowest BCUT2D eigenvalue weighted by Crippen LogP contribution is -2.30. The summed E-state index contributed by atoms with van der Waals surface area (Å²) in [4.78, 5) is 25.1. The lowest BCUT2D eigenvalue weighted by Gasteiger charge is -2.22. The molecule has 0 fully saturated rings. The molecule has 0 saturated heterocycles. The lowest BCUT2D eigenvalue weighted by molar-refractivity contribution is -0.112. The van der Waals surface area contributed by atoms with Gasteiger partial charge in [-0.15, -0.1) is 0 Å². The van der Waals surface area contributed by atoms with E-state index in [4.69, 9.17) is 0 Å². The Morgan fingerprint density at radius 2 is 1.82 bits per heavy atom. The van der Waals surface area contributed by atoms with Gasteiger partial charge in [0.25, 0.3) is 5.91 Å². The molecule has 0 aliphatic carbocycles. The molecule has 2 rings (SSSR count). The van der Waals surface area contributed by atoms with Crippen LogP contribution in [0.3, 0.4) is 0 Å². The van der Waals surface area contributed by atoms with Gasteiger partial charge in [-0.05, 0) is 26.8 Å². The first kappa shape index (κ1) is 11.6. The van der Waals surface area contributed by atoms with Crippen molar-refractivity contribution in [2.24, 2.45) is 0 Å². The van der Waals surface area contributed by atoms with Gasteiger partial charge in [0.15, 0.2) is 5.78 Å². The Kier molecular flexibility index (Phi) is 2.84. The highest BCUT2D eigenvalue weighted by Crippen LogP contribution is 2.33. The van der Waals surface area contributed by atoms with Crippen molar-refractivity contribution in [1.82, 2.24) is 4.90 Å². The standard InChI is InChI=1S/C14H15NO2/c1-9(2)15-13(8-10(3)16)11-6-4-5-7-12(11)14(15)17/h4-9H,1-3H3/b13-8+. The van der Waals surface area contributed by atoms with Crippen LogP contribution in [0.1, 0.15) is 36.7 Å². The first-order chi connectivity index (χ1) is 8.02. The van der Waals surface area contributed by atoms with Crippen LogP contribution in [0, 0.1) is 0 Å². The van der Waals surface area contributed by atoms with E-state index in [1.54, 1.807) is 11.0 Å². The Morgan fingerprint density at radius 1 is 1.24 bits per heavy atom. The van der Waals surface area contributed by atoms with Crippen molar-refractivity contribution in [3.8, 4) is 0 Å². The average Bonchev–Trinajstić information content (AvgIpc) is 2.52. The molecule has 0 saturated carbocycles. The van der Waals surface area contributed by atoms with Crippen molar-refractivity contribution < 1.29 is 9.59 Å². The number of allylic oxidation sites excluding steroid dienone is 1. The van der Waals surface area contributed by atoms with Crippen molar-refractivity contribution in [2.45, 2.75) is 26.8 Å². The molecule has 3 heteroatoms. The molecule has 1 amide bonds. The number of benzene rings is 1. The predicted molar refractivity (Wildman–Crippen MR) is 66.4 cm³/mol. The van der Waals surface area contributed by atoms with Gasteiger partial charge in [-0.3, -0.25) is 9.59 Å². The number of amides is 1. The maximum atomic E-state index is 12.2. The van der Waals surface area contributed by atoms with Gasteiger partial charge < -0.3 is 4.90 Å². The van der Waals surface area contributed by atoms with Gasteiger partial charge in [0.2, 0.25) is 0 Å². The van der Waals surface area contributed by atoms with Crippen LogP contribution in [0.4, 0.5) is 0 Å². The van der Waals surface area contributed by atoms with Crippen LogP contribution in [-0.4, -0.2) is 22.6 Å². The Morgan fingerprint density at radius 3 is 2.35 bits per heavy atom. The summed E-state index contributed by atoms with van der Waals surface area (Å²) >= 11 is 0. The summed E-state index contributed by atoms with van der Waals surface area (Å²) < 4.78 is 0. The SMILES string of the molecule is CC(=O)/C=C1\c2ccccc2C(=O)N1C(C)C. The molecular formula is C14H15NO2. The molecular weight excluding hydrogens is 214 g/mol. The predicted octanol–water partition coefficient (Wildman–Crippen LogP) is 2.48. The van der Waals surface area contributed by atoms with Crippen LogP contribution in [0.5, 0.6) is 0 Å². The molecule has 1 heterocycles. The van der Waals surface area contributed by atoms with E-state index in [0.717, 1.165) is 5.56 Å². The fraction of sp³-hybridized carbons (Fsp3) is 0.286. The second-order valence-corrected chi connectivity index (χ2v) is 4.45. The average molecular weight is 229 g/mol. The Balaban J connectivity index is 2.61. The minimum Gasteiger partial charge on any atom is -0.305 e. The highest BCUT2D eigenvalue weighted by Gasteiger charge is 2.33. The number of rotatable bonds is 2. The maximum Gasteiger partial charge on any atom is 0.259 e. The second-order valence-electron chi connectivity index (χ2n) is 4.45. The molecule has 0 radical (unpaired) electrons. The zero-order valence-corrected chi connectivity index (χ0v) is 10.2. The van der Waals surface area contributed by atoms with E-state index in [1.807, 2.05) is 32.0 Å². The van der Waals surface area contributed by atoms with Crippen molar-refractivity contribution >= 4 is 17.4 Å². The largest absolute Gasteiger partial charge is 0.305 e. The first-order valence-corrected chi connectivity index (χ1v) is 5.67. The number of nitrogens with zero attached hydrogens (tertiary/aromatic N) is 1. The number of fused-ring (bicyclic) bond motifs is 1. The van der Waals surface area contributed by atoms with Crippen LogP contribution in [-0.2, 0) is 4.79 Å². The van der Waals surface area contributed by atoms with Crippen LogP contribution in [0.25, 0.3) is 5.70 Å². The van der Waals surface area contributed by atoms with Gasteiger partial charge in [-0.1, -0.05) is 18.2 Å². The molecule has 1 aliphatic rings. The molecule has 1 aromatic rings. The number of ketones is 1. The van der Waals surface area contributed by atoms with Crippen LogP contribution >= 0.6 is 0 Å². The molecule has 0 spiro atoms. The smallest absolute Gasteiger partial charge is 0.259 e. The summed E-state index contributed by atoms with van der Waals surface area (Å²) in [5.74, 6) is -0.0711. The monoisotopic (exact) mass is 229 g/mol. The fourth-order valence-electron chi connectivity index (χ4n) is 2.11. The van der Waals surface area contributed by atoms with E-state index in [-0.39, 0.29) is 17.7 Å². The van der Waals surface area contributed by atoms with Crippen molar-refractivity contribution in [2.75, 3.05) is 0 Å². The quantitative estimate of drug-likeness (QED) is 0.730. The fourth-order valence-corrected chi connectivity index (χ4v) is 2.11. The van der Waals surface area contributed by atoms with Gasteiger partial charge in [0.05, 0.1) is 5.70 Å². The Bertz CT molecular complexity index is 515. The minimum absolute atomic E-state index is 0.0249. The van der Waals surface area contributed by atoms with E-state index >= 15 is 0 Å². The summed E-state index contributed by atoms with van der Waals surface area (Å²) in [6, 6.07) is 7.44. The van der Waals surface area contributed by atoms with Gasteiger partial charge in [0, 0.05) is 23.2 Å². The molecule has 17 heavy (non-hydrogen) atoms. The third-order valence-electron chi connectivity index (χ3n) is 2.77. The topological polar surface area (TPSA) is 37.4 Å². The maximum absolute atomic E-state index is 12.2. The molecule has 0 N–H and O–H groups in total. The van der Waals surface area contributed by atoms with Gasteiger partial charge >= 0.3 is 0 Å². The summed E-state index contributed by atoms with van der Waals surface area (Å²) in [6.45, 7) is 5.38. The van der Waals surface area contributed by atoms with Crippen LogP contribution in [0.2, 0.25) is 0 Å². The van der Waals surface area contributed by atoms with Crippen LogP contribution < -0.4 is 0 Å². The molecule has 0 atom stereocenters. The van der Waals surface area contributed by atoms with E-state index < -0.39 is 0 Å². The number of hydrogen-bond donors (Lipinski definition) is 0. The summed E-state index contributed by atoms with van der Waals surface area (Å²) in [6.07, 6.45) is 1.53. The lowest BCUT2D eigenvalue weighted by atomic mass is 10.1. The van der Waals surface area contributed by atoms with Gasteiger partial charge in [0.1, 0.15) is 0 Å². The summed E-state index contributed by atoms with van der Waals surface area (Å²) in [5.41, 5.74) is 2.24. The molecule has 0 bridgehead atoms. The first-order valence-electron chi connectivity index (χ1n) is 5.67. The highest BCUT2D eigenvalue weighted by atomic mass is 16.2. The van der Waals surface area contributed by atoms with Gasteiger partial charge in [-0.2, -0.15) is 0 Å². The minimum atomic E-state index is -0.0462. The number of carbonyl (C=O) groups is 2. The van der Waals surface area contributed by atoms with Crippen molar-refractivity contribution in [1.29, 1.82) is 0 Å². The highest BCUT2D eigenvalue weighted by molar-refractivity contribution is 6.12. The number of hydrogen-bond acceptors (Lipinski definition) is 2. The third-order valence-corrected chi connectivity index (χ3v) is 2.77. The Labute approximate surface area is 101 Å². The Hall–Kier alpha value is -1.90. The zero-order valence-electron chi connectivity index (χ0n) is 10.2. The second kappa shape index (κ2) is 4.17. The third kappa shape index (κ3) is 1.88. The number of carbonyl (C=O) groups excluding carboxylic acids is 2. The summed E-state index contributed by atoms with van der Waals surface area (Å²) in [5, 5.41) is 0. The zero-order chi connectivity index (χ0) is 12.6. The van der Waals surface area contributed by atoms with Crippen molar-refractivity contribution in [3.63, 3.8) is 0 Å². The molecule has 1 aromatic carbocycles. The summed E-state index contributed by atoms with van der Waals surface area (Å²) in [7, 11) is 0. The van der Waals surface area contributed by atoms with E-state index in [9.17, 15) is 9.59 Å². The van der Waals surface area contributed by atoms with E-state index in [0.29, 0.717) is 11.3 Å². The molecule has 0 unspecified atom stereocenters. The van der Waals surface area contributed by atoms with Crippen LogP contribution in [0.15, 0.2) is 30.3 Å². The molecule has 1 aliphatic heterocycles. The van der Waals surface area contributed by atoms with Gasteiger partial charge in [-0.25, -0.2) is 0 Å². The van der Waals surface area contributed by atoms with E-state index in [2.05, 4.69) is 0 Å². The normalized spacial score (nSPS) is 16.8. The molecule has 0 aromatic heterocycles. The van der Waals surface area contributed by atoms with E-state index in [1.165, 1.54) is 13.0 Å². The molecule has 3 nitrogen and oxygen atoms in total.